The maximum absolute atomic E-state index is 12.1. The molecule has 0 spiro atoms. The van der Waals surface area contributed by atoms with Crippen molar-refractivity contribution in [2.24, 2.45) is 0 Å². The number of carbonyl (C=O) groups excluding carboxylic acids is 1. The molecule has 0 atom stereocenters. The van der Waals surface area contributed by atoms with Gasteiger partial charge in [0.25, 0.3) is 5.91 Å². The molecule has 0 radical (unpaired) electrons. The maximum atomic E-state index is 12.1. The predicted molar refractivity (Wildman–Crippen MR) is 86.6 cm³/mol. The summed E-state index contributed by atoms with van der Waals surface area (Å²) in [5.74, 6) is 0.0639. The number of aromatic nitrogens is 2. The van der Waals surface area contributed by atoms with Gasteiger partial charge >= 0.3 is 6.01 Å². The molecule has 0 aliphatic rings. The summed E-state index contributed by atoms with van der Waals surface area (Å²) in [6.07, 6.45) is 0. The second-order valence-corrected chi connectivity index (χ2v) is 5.66. The van der Waals surface area contributed by atoms with Gasteiger partial charge in [-0.2, -0.15) is 0 Å². The molecule has 0 aliphatic heterocycles. The van der Waals surface area contributed by atoms with Crippen molar-refractivity contribution in [2.75, 3.05) is 5.32 Å². The Morgan fingerprint density at radius 1 is 1.14 bits per heavy atom. The lowest BCUT2D eigenvalue weighted by atomic mass is 10.1. The molecule has 6 heteroatoms. The number of benzene rings is 2. The zero-order chi connectivity index (χ0) is 15.5. The van der Waals surface area contributed by atoms with E-state index in [0.717, 1.165) is 15.6 Å². The highest BCUT2D eigenvalue weighted by molar-refractivity contribution is 9.10. The lowest BCUT2D eigenvalue weighted by Gasteiger charge is -2.01. The van der Waals surface area contributed by atoms with Gasteiger partial charge < -0.3 is 4.42 Å². The molecule has 0 fully saturated rings. The third-order valence-electron chi connectivity index (χ3n) is 3.00. The molecule has 0 bridgehead atoms. The summed E-state index contributed by atoms with van der Waals surface area (Å²) < 4.78 is 6.38. The Morgan fingerprint density at radius 2 is 1.95 bits per heavy atom. The lowest BCUT2D eigenvalue weighted by Crippen LogP contribution is -2.12. The molecule has 110 valence electrons. The van der Waals surface area contributed by atoms with Crippen LogP contribution in [0.25, 0.3) is 11.5 Å². The van der Waals surface area contributed by atoms with Crippen LogP contribution in [-0.2, 0) is 0 Å². The van der Waals surface area contributed by atoms with Crippen LogP contribution in [0.1, 0.15) is 15.9 Å². The lowest BCUT2D eigenvalue weighted by molar-refractivity contribution is 0.102. The molecule has 5 nitrogen and oxygen atoms in total. The van der Waals surface area contributed by atoms with E-state index >= 15 is 0 Å². The summed E-state index contributed by atoms with van der Waals surface area (Å²) in [7, 11) is 0. The van der Waals surface area contributed by atoms with Gasteiger partial charge in [-0.25, -0.2) is 0 Å². The number of rotatable bonds is 3. The van der Waals surface area contributed by atoms with E-state index in [-0.39, 0.29) is 11.9 Å². The quantitative estimate of drug-likeness (QED) is 0.767. The first-order valence-corrected chi connectivity index (χ1v) is 7.38. The van der Waals surface area contributed by atoms with Crippen LogP contribution in [0.3, 0.4) is 0 Å². The van der Waals surface area contributed by atoms with E-state index in [2.05, 4.69) is 31.4 Å². The fraction of sp³-hybridized carbons (Fsp3) is 0.0625. The molecule has 0 aliphatic carbocycles. The fourth-order valence-corrected chi connectivity index (χ4v) is 2.37. The highest BCUT2D eigenvalue weighted by atomic mass is 79.9. The van der Waals surface area contributed by atoms with Gasteiger partial charge in [-0.1, -0.05) is 44.8 Å². The van der Waals surface area contributed by atoms with Crippen LogP contribution in [0.5, 0.6) is 0 Å². The largest absolute Gasteiger partial charge is 0.403 e. The number of nitrogens with one attached hydrogen (secondary N) is 1. The Balaban J connectivity index is 1.78. The van der Waals surface area contributed by atoms with Crippen LogP contribution >= 0.6 is 15.9 Å². The van der Waals surface area contributed by atoms with Crippen molar-refractivity contribution in [1.82, 2.24) is 10.2 Å². The van der Waals surface area contributed by atoms with Crippen LogP contribution in [0.2, 0.25) is 0 Å². The molecule has 1 amide bonds. The van der Waals surface area contributed by atoms with Crippen LogP contribution in [0, 0.1) is 6.92 Å². The van der Waals surface area contributed by atoms with Crippen molar-refractivity contribution in [3.63, 3.8) is 0 Å². The van der Waals surface area contributed by atoms with Gasteiger partial charge in [0.2, 0.25) is 5.89 Å². The molecule has 1 aromatic heterocycles. The number of nitrogens with zero attached hydrogens (tertiary/aromatic N) is 2. The zero-order valence-corrected chi connectivity index (χ0v) is 13.3. The van der Waals surface area contributed by atoms with E-state index in [0.29, 0.717) is 11.5 Å². The first-order chi connectivity index (χ1) is 10.6. The predicted octanol–water partition coefficient (Wildman–Crippen LogP) is 4.06. The van der Waals surface area contributed by atoms with Crippen molar-refractivity contribution in [3.8, 4) is 11.5 Å². The molecule has 1 heterocycles. The van der Waals surface area contributed by atoms with Crippen LogP contribution < -0.4 is 5.32 Å². The van der Waals surface area contributed by atoms with Gasteiger partial charge in [-0.3, -0.25) is 10.1 Å². The Morgan fingerprint density at radius 3 is 2.73 bits per heavy atom. The first kappa shape index (κ1) is 14.5. The van der Waals surface area contributed by atoms with Gasteiger partial charge in [0, 0.05) is 15.6 Å². The average Bonchev–Trinajstić information content (AvgIpc) is 2.96. The van der Waals surface area contributed by atoms with E-state index in [1.54, 1.807) is 12.1 Å². The van der Waals surface area contributed by atoms with Gasteiger partial charge in [-0.15, -0.1) is 5.10 Å². The Labute approximate surface area is 135 Å². The number of halogens is 1. The van der Waals surface area contributed by atoms with Crippen LogP contribution in [0.4, 0.5) is 6.01 Å². The minimum atomic E-state index is -0.284. The highest BCUT2D eigenvalue weighted by Crippen LogP contribution is 2.23. The number of carbonyl (C=O) groups is 1. The number of hydrogen-bond donors (Lipinski definition) is 1. The van der Waals surface area contributed by atoms with Crippen LogP contribution in [-0.4, -0.2) is 16.1 Å². The highest BCUT2D eigenvalue weighted by Gasteiger charge is 2.13. The minimum absolute atomic E-state index is 0.0708. The van der Waals surface area contributed by atoms with Crippen LogP contribution in [0.15, 0.2) is 57.4 Å². The average molecular weight is 358 g/mol. The molecule has 0 saturated carbocycles. The van der Waals surface area contributed by atoms with Crippen molar-refractivity contribution in [3.05, 3.63) is 64.1 Å². The normalized spacial score (nSPS) is 10.5. The summed E-state index contributed by atoms with van der Waals surface area (Å²) in [5, 5.41) is 10.4. The van der Waals surface area contributed by atoms with Crippen molar-refractivity contribution < 1.29 is 9.21 Å². The number of aryl methyl sites for hydroxylation is 1. The van der Waals surface area contributed by atoms with Gasteiger partial charge in [-0.05, 0) is 37.3 Å². The van der Waals surface area contributed by atoms with E-state index in [1.807, 2.05) is 43.3 Å². The van der Waals surface area contributed by atoms with Gasteiger partial charge in [0.05, 0.1) is 0 Å². The minimum Gasteiger partial charge on any atom is -0.403 e. The summed E-state index contributed by atoms with van der Waals surface area (Å²) >= 11 is 3.38. The summed E-state index contributed by atoms with van der Waals surface area (Å²) in [6, 6.07) is 14.8. The summed E-state index contributed by atoms with van der Waals surface area (Å²) in [6.45, 7) is 1.93. The Bertz CT molecular complexity index is 830. The van der Waals surface area contributed by atoms with E-state index in [1.165, 1.54) is 0 Å². The second-order valence-electron chi connectivity index (χ2n) is 4.75. The maximum Gasteiger partial charge on any atom is 0.322 e. The standard InChI is InChI=1S/C16H12BrN3O2/c1-10-4-2-5-11(8-10)14(21)18-16-20-19-15(22-16)12-6-3-7-13(17)9-12/h2-9H,1H3,(H,18,20,21). The summed E-state index contributed by atoms with van der Waals surface area (Å²) in [4.78, 5) is 12.1. The van der Waals surface area contributed by atoms with Gasteiger partial charge in [0.1, 0.15) is 0 Å². The Kier molecular flexibility index (Phi) is 4.02. The topological polar surface area (TPSA) is 68.0 Å². The van der Waals surface area contributed by atoms with Gasteiger partial charge in [0.15, 0.2) is 0 Å². The Hall–Kier alpha value is -2.47. The molecule has 0 unspecified atom stereocenters. The van der Waals surface area contributed by atoms with Crippen molar-refractivity contribution >= 4 is 27.9 Å². The molecular weight excluding hydrogens is 346 g/mol. The molecule has 3 rings (SSSR count). The third kappa shape index (κ3) is 3.23. The van der Waals surface area contributed by atoms with Crippen molar-refractivity contribution in [1.29, 1.82) is 0 Å². The second kappa shape index (κ2) is 6.11. The van der Waals surface area contributed by atoms with E-state index in [4.69, 9.17) is 4.42 Å². The van der Waals surface area contributed by atoms with E-state index < -0.39 is 0 Å². The SMILES string of the molecule is Cc1cccc(C(=O)Nc2nnc(-c3cccc(Br)c3)o2)c1. The zero-order valence-electron chi connectivity index (χ0n) is 11.7. The monoisotopic (exact) mass is 357 g/mol. The molecule has 3 aromatic rings. The summed E-state index contributed by atoms with van der Waals surface area (Å²) in [5.41, 5.74) is 2.33. The first-order valence-electron chi connectivity index (χ1n) is 6.59. The molecule has 22 heavy (non-hydrogen) atoms. The number of anilines is 1. The molecule has 0 saturated heterocycles. The number of amides is 1. The third-order valence-corrected chi connectivity index (χ3v) is 3.49. The molecular formula is C16H12BrN3O2. The smallest absolute Gasteiger partial charge is 0.322 e. The van der Waals surface area contributed by atoms with Crippen molar-refractivity contribution in [2.45, 2.75) is 6.92 Å². The fourth-order valence-electron chi connectivity index (χ4n) is 1.97. The molecule has 1 N–H and O–H groups in total. The molecule has 2 aromatic carbocycles. The number of hydrogen-bond acceptors (Lipinski definition) is 4. The van der Waals surface area contributed by atoms with E-state index in [9.17, 15) is 4.79 Å².